The predicted molar refractivity (Wildman–Crippen MR) is 77.6 cm³/mol. The Kier molecular flexibility index (Phi) is 4.95. The van der Waals surface area contributed by atoms with Gasteiger partial charge in [-0.2, -0.15) is 5.10 Å². The minimum absolute atomic E-state index is 0.102. The van der Waals surface area contributed by atoms with E-state index in [4.69, 9.17) is 4.74 Å². The highest BCUT2D eigenvalue weighted by atomic mass is 79.9. The number of aromatic nitrogens is 2. The number of nitrogens with one attached hydrogen (secondary N) is 2. The van der Waals surface area contributed by atoms with Crippen molar-refractivity contribution in [2.24, 2.45) is 0 Å². The van der Waals surface area contributed by atoms with Crippen LogP contribution >= 0.6 is 15.9 Å². The molecule has 1 unspecified atom stereocenters. The minimum atomic E-state index is -0.105. The smallest absolute Gasteiger partial charge is 0.283 e. The van der Waals surface area contributed by atoms with Crippen LogP contribution in [0.1, 0.15) is 13.3 Å². The number of halogens is 1. The zero-order valence-electron chi connectivity index (χ0n) is 11.1. The van der Waals surface area contributed by atoms with Gasteiger partial charge in [0.2, 0.25) is 0 Å². The molecule has 2 atom stereocenters. The van der Waals surface area contributed by atoms with Crippen LogP contribution in [0.2, 0.25) is 0 Å². The van der Waals surface area contributed by atoms with Crippen LogP contribution in [-0.2, 0) is 11.3 Å². The monoisotopic (exact) mass is 330 g/mol. The van der Waals surface area contributed by atoms with Crippen molar-refractivity contribution in [1.29, 1.82) is 0 Å². The topological polar surface area (TPSA) is 68.2 Å². The fraction of sp³-hybridized carbons (Fsp3) is 0.667. The Balaban J connectivity index is 2.17. The van der Waals surface area contributed by atoms with Gasteiger partial charge in [0.05, 0.1) is 24.0 Å². The van der Waals surface area contributed by atoms with Gasteiger partial charge in [0.25, 0.3) is 5.56 Å². The molecular weight excluding hydrogens is 312 g/mol. The average Bonchev–Trinajstić information content (AvgIpc) is 2.86. The predicted octanol–water partition coefficient (Wildman–Crippen LogP) is 0.814. The Hall–Kier alpha value is -0.920. The molecule has 1 aromatic rings. The summed E-state index contributed by atoms with van der Waals surface area (Å²) in [6.07, 6.45) is 2.67. The molecule has 0 aromatic carbocycles. The maximum Gasteiger partial charge on any atom is 0.283 e. The molecule has 0 saturated carbocycles. The van der Waals surface area contributed by atoms with Crippen molar-refractivity contribution >= 4 is 21.6 Å². The zero-order chi connectivity index (χ0) is 13.8. The summed E-state index contributed by atoms with van der Waals surface area (Å²) in [5.74, 6) is 0. The summed E-state index contributed by atoms with van der Waals surface area (Å²) in [6, 6.07) is 0.143. The number of hydrogen-bond donors (Lipinski definition) is 2. The van der Waals surface area contributed by atoms with Gasteiger partial charge in [0.1, 0.15) is 4.47 Å². The van der Waals surface area contributed by atoms with Gasteiger partial charge in [-0.05, 0) is 22.4 Å². The summed E-state index contributed by atoms with van der Waals surface area (Å²) in [6.45, 7) is 4.26. The van der Waals surface area contributed by atoms with Crippen LogP contribution in [0.15, 0.2) is 15.5 Å². The average molecular weight is 331 g/mol. The molecule has 6 nitrogen and oxygen atoms in total. The van der Waals surface area contributed by atoms with Gasteiger partial charge in [-0.3, -0.25) is 4.79 Å². The summed E-state index contributed by atoms with van der Waals surface area (Å²) in [7, 11) is 1.69. The van der Waals surface area contributed by atoms with Crippen LogP contribution in [0, 0.1) is 0 Å². The molecule has 7 heteroatoms. The number of ether oxygens (including phenoxy) is 1. The first-order valence-corrected chi connectivity index (χ1v) is 7.22. The molecule has 1 aromatic heterocycles. The van der Waals surface area contributed by atoms with Gasteiger partial charge in [-0.15, -0.1) is 0 Å². The standard InChI is InChI=1S/C12H19BrN4O2/c1-3-4-17-12(18)11(13)9(6-15-17)16-8-5-14-7-10(8)19-2/h6,8,10,14,16H,3-5,7H2,1-2H3/t8?,10-/m0/s1. The fourth-order valence-electron chi connectivity index (χ4n) is 2.18. The van der Waals surface area contributed by atoms with E-state index in [0.29, 0.717) is 16.7 Å². The van der Waals surface area contributed by atoms with E-state index in [2.05, 4.69) is 31.7 Å². The Morgan fingerprint density at radius 2 is 2.42 bits per heavy atom. The first kappa shape index (κ1) is 14.5. The SMILES string of the molecule is CCCn1ncc(NC2CNC[C@@H]2OC)c(Br)c1=O. The number of hydrogen-bond acceptors (Lipinski definition) is 5. The lowest BCUT2D eigenvalue weighted by Gasteiger charge is -2.20. The molecule has 1 aliphatic heterocycles. The molecule has 2 heterocycles. The second-order valence-electron chi connectivity index (χ2n) is 4.58. The molecule has 0 spiro atoms. The van der Waals surface area contributed by atoms with E-state index in [0.717, 1.165) is 19.5 Å². The van der Waals surface area contributed by atoms with Crippen LogP contribution in [0.5, 0.6) is 0 Å². The minimum Gasteiger partial charge on any atom is -0.378 e. The summed E-state index contributed by atoms with van der Waals surface area (Å²) >= 11 is 3.35. The van der Waals surface area contributed by atoms with Crippen molar-refractivity contribution in [3.8, 4) is 0 Å². The van der Waals surface area contributed by atoms with Crippen LogP contribution in [-0.4, -0.2) is 42.1 Å². The Labute approximate surface area is 120 Å². The molecule has 0 amide bonds. The molecule has 1 aliphatic rings. The molecule has 2 N–H and O–H groups in total. The lowest BCUT2D eigenvalue weighted by molar-refractivity contribution is 0.111. The zero-order valence-corrected chi connectivity index (χ0v) is 12.7. The van der Waals surface area contributed by atoms with Crippen LogP contribution in [0.25, 0.3) is 0 Å². The number of methoxy groups -OCH3 is 1. The first-order chi connectivity index (χ1) is 9.17. The van der Waals surface area contributed by atoms with E-state index in [-0.39, 0.29) is 17.7 Å². The Morgan fingerprint density at radius 3 is 3.11 bits per heavy atom. The Morgan fingerprint density at radius 1 is 1.63 bits per heavy atom. The fourth-order valence-corrected chi connectivity index (χ4v) is 2.60. The highest BCUT2D eigenvalue weighted by Gasteiger charge is 2.27. The van der Waals surface area contributed by atoms with E-state index in [1.54, 1.807) is 13.3 Å². The van der Waals surface area contributed by atoms with Crippen molar-refractivity contribution in [3.63, 3.8) is 0 Å². The molecule has 0 bridgehead atoms. The van der Waals surface area contributed by atoms with Crippen molar-refractivity contribution in [1.82, 2.24) is 15.1 Å². The summed E-state index contributed by atoms with van der Waals surface area (Å²) in [5, 5.41) is 10.7. The van der Waals surface area contributed by atoms with E-state index < -0.39 is 0 Å². The van der Waals surface area contributed by atoms with E-state index in [1.165, 1.54) is 4.68 Å². The van der Waals surface area contributed by atoms with E-state index in [9.17, 15) is 4.79 Å². The second-order valence-corrected chi connectivity index (χ2v) is 5.38. The summed E-state index contributed by atoms with van der Waals surface area (Å²) in [4.78, 5) is 12.1. The summed E-state index contributed by atoms with van der Waals surface area (Å²) < 4.78 is 7.38. The molecule has 1 fully saturated rings. The molecule has 19 heavy (non-hydrogen) atoms. The number of anilines is 1. The van der Waals surface area contributed by atoms with Crippen LogP contribution in [0.4, 0.5) is 5.69 Å². The first-order valence-electron chi connectivity index (χ1n) is 6.43. The van der Waals surface area contributed by atoms with Crippen molar-refractivity contribution in [2.75, 3.05) is 25.5 Å². The van der Waals surface area contributed by atoms with Crippen molar-refractivity contribution < 1.29 is 4.74 Å². The Bertz CT molecular complexity index is 491. The van der Waals surface area contributed by atoms with Crippen molar-refractivity contribution in [2.45, 2.75) is 32.0 Å². The third-order valence-corrected chi connectivity index (χ3v) is 3.99. The quantitative estimate of drug-likeness (QED) is 0.836. The number of rotatable bonds is 5. The molecule has 0 aliphatic carbocycles. The van der Waals surface area contributed by atoms with Crippen LogP contribution < -0.4 is 16.2 Å². The van der Waals surface area contributed by atoms with Gasteiger partial charge >= 0.3 is 0 Å². The highest BCUT2D eigenvalue weighted by molar-refractivity contribution is 9.10. The lowest BCUT2D eigenvalue weighted by atomic mass is 10.2. The van der Waals surface area contributed by atoms with E-state index >= 15 is 0 Å². The largest absolute Gasteiger partial charge is 0.378 e. The molecule has 0 radical (unpaired) electrons. The molecule has 106 valence electrons. The third-order valence-electron chi connectivity index (χ3n) is 3.22. The summed E-state index contributed by atoms with van der Waals surface area (Å²) in [5.41, 5.74) is 0.611. The molecular formula is C12H19BrN4O2. The van der Waals surface area contributed by atoms with Gasteiger partial charge in [0, 0.05) is 26.7 Å². The number of aryl methyl sites for hydroxylation is 1. The third kappa shape index (κ3) is 3.16. The lowest BCUT2D eigenvalue weighted by Crippen LogP contribution is -2.35. The van der Waals surface area contributed by atoms with Crippen LogP contribution in [0.3, 0.4) is 0 Å². The van der Waals surface area contributed by atoms with Gasteiger partial charge in [-0.25, -0.2) is 4.68 Å². The van der Waals surface area contributed by atoms with Gasteiger partial charge in [-0.1, -0.05) is 6.92 Å². The maximum absolute atomic E-state index is 12.1. The van der Waals surface area contributed by atoms with Crippen molar-refractivity contribution in [3.05, 3.63) is 21.0 Å². The molecule has 1 saturated heterocycles. The van der Waals surface area contributed by atoms with Gasteiger partial charge in [0.15, 0.2) is 0 Å². The molecule has 2 rings (SSSR count). The number of nitrogens with zero attached hydrogens (tertiary/aromatic N) is 2. The second kappa shape index (κ2) is 6.49. The highest BCUT2D eigenvalue weighted by Crippen LogP contribution is 2.19. The van der Waals surface area contributed by atoms with Gasteiger partial charge < -0.3 is 15.4 Å². The van der Waals surface area contributed by atoms with E-state index in [1.807, 2.05) is 6.92 Å². The maximum atomic E-state index is 12.1. The normalized spacial score (nSPS) is 22.7.